The molecule has 1 unspecified atom stereocenters. The molecule has 1 atom stereocenters. The van der Waals surface area contributed by atoms with Crippen molar-refractivity contribution in [3.63, 3.8) is 0 Å². The molecule has 0 bridgehead atoms. The predicted molar refractivity (Wildman–Crippen MR) is 168 cm³/mol. The van der Waals surface area contributed by atoms with Crippen molar-refractivity contribution in [3.05, 3.63) is 60.2 Å². The van der Waals surface area contributed by atoms with E-state index in [4.69, 9.17) is 34.2 Å². The van der Waals surface area contributed by atoms with E-state index in [2.05, 4.69) is 15.1 Å². The van der Waals surface area contributed by atoms with Crippen molar-refractivity contribution in [1.82, 2.24) is 19.7 Å². The number of methoxy groups -OCH3 is 2. The third kappa shape index (κ3) is 7.46. The molecule has 2 amide bonds. The van der Waals surface area contributed by atoms with Crippen molar-refractivity contribution in [2.24, 2.45) is 5.73 Å². The lowest BCUT2D eigenvalue weighted by atomic mass is 10.0. The number of amides is 2. The van der Waals surface area contributed by atoms with Gasteiger partial charge in [0.15, 0.2) is 23.3 Å². The van der Waals surface area contributed by atoms with E-state index in [0.717, 1.165) is 5.56 Å². The lowest BCUT2D eigenvalue weighted by Gasteiger charge is -2.25. The molecular formula is C32H38N6O8. The van der Waals surface area contributed by atoms with Crippen molar-refractivity contribution in [2.45, 2.75) is 38.8 Å². The number of carbonyl (C=O) groups excluding carboxylic acids is 2. The van der Waals surface area contributed by atoms with Crippen LogP contribution in [0.4, 0.5) is 10.5 Å². The van der Waals surface area contributed by atoms with Crippen LogP contribution in [0.2, 0.25) is 0 Å². The first kappa shape index (κ1) is 32.4. The van der Waals surface area contributed by atoms with E-state index in [9.17, 15) is 9.59 Å². The Labute approximate surface area is 266 Å². The largest absolute Gasteiger partial charge is 0.487 e. The van der Waals surface area contributed by atoms with Crippen LogP contribution in [0, 0.1) is 0 Å². The number of hydrogen-bond acceptors (Lipinski definition) is 11. The van der Waals surface area contributed by atoms with Gasteiger partial charge in [-0.3, -0.25) is 14.4 Å². The topological polar surface area (TPSA) is 162 Å². The monoisotopic (exact) mass is 634 g/mol. The van der Waals surface area contributed by atoms with Crippen LogP contribution in [0.25, 0.3) is 10.9 Å². The maximum absolute atomic E-state index is 12.9. The van der Waals surface area contributed by atoms with Crippen molar-refractivity contribution in [1.29, 1.82) is 0 Å². The minimum Gasteiger partial charge on any atom is -0.487 e. The van der Waals surface area contributed by atoms with Crippen LogP contribution in [0.3, 0.4) is 0 Å². The number of hydrogen-bond donors (Lipinski definition) is 1. The molecule has 3 heterocycles. The molecule has 0 saturated heterocycles. The lowest BCUT2D eigenvalue weighted by molar-refractivity contribution is -0.120. The highest BCUT2D eigenvalue weighted by molar-refractivity contribution is 5.91. The summed E-state index contributed by atoms with van der Waals surface area (Å²) in [4.78, 5) is 35.9. The van der Waals surface area contributed by atoms with Crippen LogP contribution in [-0.2, 0) is 25.4 Å². The second-order valence-electron chi connectivity index (χ2n) is 11.5. The van der Waals surface area contributed by atoms with E-state index < -0.39 is 23.6 Å². The Balaban J connectivity index is 1.41. The first-order valence-electron chi connectivity index (χ1n) is 14.7. The summed E-state index contributed by atoms with van der Waals surface area (Å²) in [6.07, 6.45) is 4.61. The Morgan fingerprint density at radius 2 is 1.70 bits per heavy atom. The smallest absolute Gasteiger partial charge is 0.414 e. The Bertz CT molecular complexity index is 1700. The minimum atomic E-state index is -0.974. The molecule has 0 radical (unpaired) electrons. The Hall–Kier alpha value is -4.95. The number of primary amides is 1. The number of benzene rings is 2. The van der Waals surface area contributed by atoms with Crippen LogP contribution in [0.15, 0.2) is 49.1 Å². The SMILES string of the molecule is COCCOc1cc2ncnc(Oc3cnn(C(C(N)=O)c4ccc5c(c4)N(C(=O)OC(C)(C)C)CC5)c3)c2cc1OCCOC. The quantitative estimate of drug-likeness (QED) is 0.211. The number of fused-ring (bicyclic) bond motifs is 2. The number of aromatic nitrogens is 4. The number of carbonyl (C=O) groups is 2. The summed E-state index contributed by atoms with van der Waals surface area (Å²) in [5, 5.41) is 4.95. The van der Waals surface area contributed by atoms with E-state index in [1.807, 2.05) is 32.9 Å². The number of nitrogens with zero attached hydrogens (tertiary/aromatic N) is 5. The zero-order valence-electron chi connectivity index (χ0n) is 26.5. The van der Waals surface area contributed by atoms with Crippen LogP contribution in [-0.4, -0.2) is 84.5 Å². The lowest BCUT2D eigenvalue weighted by Crippen LogP contribution is -2.35. The summed E-state index contributed by atoms with van der Waals surface area (Å²) in [5.74, 6) is 0.863. The highest BCUT2D eigenvalue weighted by atomic mass is 16.6. The van der Waals surface area contributed by atoms with Gasteiger partial charge in [-0.15, -0.1) is 0 Å². The molecule has 14 heteroatoms. The van der Waals surface area contributed by atoms with Crippen molar-refractivity contribution >= 4 is 28.6 Å². The van der Waals surface area contributed by atoms with Gasteiger partial charge < -0.3 is 34.2 Å². The van der Waals surface area contributed by atoms with Gasteiger partial charge in [0.2, 0.25) is 11.8 Å². The molecule has 1 aliphatic heterocycles. The van der Waals surface area contributed by atoms with Gasteiger partial charge in [-0.05, 0) is 50.5 Å². The highest BCUT2D eigenvalue weighted by Gasteiger charge is 2.31. The Morgan fingerprint density at radius 3 is 2.37 bits per heavy atom. The molecular weight excluding hydrogens is 596 g/mol. The molecule has 0 saturated carbocycles. The summed E-state index contributed by atoms with van der Waals surface area (Å²) >= 11 is 0. The standard InChI is InChI=1S/C32H38N6O8/c1-32(2,3)46-31(40)37-9-8-20-6-7-21(14-25(20)37)28(29(33)39)38-18-22(17-36-38)45-30-23-15-26(43-12-10-41-4)27(44-13-11-42-5)16-24(23)34-19-35-30/h6-7,14-19,28H,8-13H2,1-5H3,(H2,33,39). The van der Waals surface area contributed by atoms with Gasteiger partial charge in [0, 0.05) is 26.8 Å². The van der Waals surface area contributed by atoms with E-state index in [1.165, 1.54) is 17.2 Å². The molecule has 46 heavy (non-hydrogen) atoms. The van der Waals surface area contributed by atoms with Gasteiger partial charge in [-0.25, -0.2) is 14.8 Å². The highest BCUT2D eigenvalue weighted by Crippen LogP contribution is 2.37. The van der Waals surface area contributed by atoms with Crippen LogP contribution in [0.1, 0.15) is 37.9 Å². The molecule has 2 aromatic carbocycles. The Kier molecular flexibility index (Phi) is 9.87. The summed E-state index contributed by atoms with van der Waals surface area (Å²) in [6, 6.07) is 7.98. The summed E-state index contributed by atoms with van der Waals surface area (Å²) < 4.78 is 35.1. The number of ether oxygens (including phenoxy) is 6. The van der Waals surface area contributed by atoms with Crippen LogP contribution in [0.5, 0.6) is 23.1 Å². The second-order valence-corrected chi connectivity index (χ2v) is 11.5. The fourth-order valence-electron chi connectivity index (χ4n) is 4.96. The first-order chi connectivity index (χ1) is 22.1. The number of rotatable bonds is 13. The summed E-state index contributed by atoms with van der Waals surface area (Å²) in [6.45, 7) is 7.32. The number of anilines is 1. The number of nitrogens with two attached hydrogens (primary N) is 1. The normalized spacial score (nSPS) is 13.4. The van der Waals surface area contributed by atoms with Gasteiger partial charge in [-0.2, -0.15) is 5.10 Å². The van der Waals surface area contributed by atoms with E-state index >= 15 is 0 Å². The van der Waals surface area contributed by atoms with E-state index in [1.54, 1.807) is 43.5 Å². The molecule has 1 aliphatic rings. The molecule has 2 N–H and O–H groups in total. The second kappa shape index (κ2) is 14.0. The average Bonchev–Trinajstić information content (AvgIpc) is 3.64. The fourth-order valence-corrected chi connectivity index (χ4v) is 4.96. The third-order valence-electron chi connectivity index (χ3n) is 7.02. The molecule has 0 spiro atoms. The summed E-state index contributed by atoms with van der Waals surface area (Å²) in [5.41, 5.74) is 7.99. The van der Waals surface area contributed by atoms with Crippen molar-refractivity contribution in [3.8, 4) is 23.1 Å². The fraction of sp³-hybridized carbons (Fsp3) is 0.406. The van der Waals surface area contributed by atoms with Crippen LogP contribution < -0.4 is 24.8 Å². The molecule has 244 valence electrons. The maximum atomic E-state index is 12.9. The summed E-state index contributed by atoms with van der Waals surface area (Å²) in [7, 11) is 3.18. The average molecular weight is 635 g/mol. The molecule has 14 nitrogen and oxygen atoms in total. The molecule has 0 fully saturated rings. The van der Waals surface area contributed by atoms with Gasteiger partial charge >= 0.3 is 6.09 Å². The van der Waals surface area contributed by atoms with Crippen molar-refractivity contribution < 1.29 is 38.0 Å². The molecule has 2 aromatic heterocycles. The Morgan fingerprint density at radius 1 is 0.978 bits per heavy atom. The van der Waals surface area contributed by atoms with Gasteiger partial charge in [0.25, 0.3) is 0 Å². The zero-order chi connectivity index (χ0) is 32.8. The van der Waals surface area contributed by atoms with E-state index in [-0.39, 0.29) is 5.88 Å². The first-order valence-corrected chi connectivity index (χ1v) is 14.7. The third-order valence-corrected chi connectivity index (χ3v) is 7.02. The maximum Gasteiger partial charge on any atom is 0.414 e. The van der Waals surface area contributed by atoms with Gasteiger partial charge in [0.05, 0.1) is 42.2 Å². The minimum absolute atomic E-state index is 0.241. The van der Waals surface area contributed by atoms with Crippen molar-refractivity contribution in [2.75, 3.05) is 52.1 Å². The van der Waals surface area contributed by atoms with E-state index in [0.29, 0.717) is 78.8 Å². The molecule has 5 rings (SSSR count). The zero-order valence-corrected chi connectivity index (χ0v) is 26.5. The molecule has 0 aliphatic carbocycles. The molecule has 4 aromatic rings. The predicted octanol–water partition coefficient (Wildman–Crippen LogP) is 4.04. The van der Waals surface area contributed by atoms with Crippen LogP contribution >= 0.6 is 0 Å². The van der Waals surface area contributed by atoms with Gasteiger partial charge in [0.1, 0.15) is 25.1 Å². The van der Waals surface area contributed by atoms with Gasteiger partial charge in [-0.1, -0.05) is 12.1 Å².